The number of ether oxygens (including phenoxy) is 4. The zero-order valence-electron chi connectivity index (χ0n) is 48.1. The molecule has 21 heteroatoms. The van der Waals surface area contributed by atoms with Crippen LogP contribution >= 0.6 is 39.1 Å². The Morgan fingerprint density at radius 3 is 1.83 bits per heavy atom. The van der Waals surface area contributed by atoms with Gasteiger partial charge in [-0.3, -0.25) is 9.59 Å². The van der Waals surface area contributed by atoms with E-state index < -0.39 is 12.0 Å². The zero-order chi connectivity index (χ0) is 58.3. The van der Waals surface area contributed by atoms with E-state index in [0.29, 0.717) is 104 Å². The van der Waals surface area contributed by atoms with Crippen LogP contribution in [-0.2, 0) is 9.59 Å². The molecule has 4 aromatic rings. The molecule has 9 atom stereocenters. The number of carbonyl (C=O) groups is 2. The summed E-state index contributed by atoms with van der Waals surface area (Å²) in [5, 5.41) is 48.5. The molecule has 442 valence electrons. The molecule has 0 saturated carbocycles. The largest absolute Gasteiger partial charge is 0.492 e. The van der Waals surface area contributed by atoms with Crippen molar-refractivity contribution in [3.05, 3.63) is 81.3 Å². The predicted octanol–water partition coefficient (Wildman–Crippen LogP) is 10.7. The topological polar surface area (TPSA) is 221 Å². The van der Waals surface area contributed by atoms with Gasteiger partial charge in [0.15, 0.2) is 0 Å². The number of amides is 2. The number of hydrogen-bond acceptors (Lipinski definition) is 16. The Morgan fingerprint density at radius 2 is 1.29 bits per heavy atom. The monoisotopic (exact) mass is 1230 g/mol. The number of fused-ring (bicyclic) bond motifs is 2. The van der Waals surface area contributed by atoms with Crippen LogP contribution in [0.2, 0.25) is 5.02 Å². The summed E-state index contributed by atoms with van der Waals surface area (Å²) in [5.74, 6) is 2.26. The molecule has 0 bridgehead atoms. The summed E-state index contributed by atoms with van der Waals surface area (Å²) in [5.41, 5.74) is 6.09. The van der Waals surface area contributed by atoms with E-state index in [2.05, 4.69) is 94.4 Å². The Kier molecular flexibility index (Phi) is 22.8. The minimum Gasteiger partial charge on any atom is -0.492 e. The number of nitriles is 2. The number of anilines is 6. The van der Waals surface area contributed by atoms with Gasteiger partial charge in [-0.2, -0.15) is 10.5 Å². The summed E-state index contributed by atoms with van der Waals surface area (Å²) >= 11 is 16.9. The molecule has 0 radical (unpaired) electrons. The molecule has 4 aromatic carbocycles. The molecule has 4 aliphatic rings. The van der Waals surface area contributed by atoms with E-state index in [1.54, 1.807) is 0 Å². The van der Waals surface area contributed by atoms with E-state index in [-0.39, 0.29) is 41.2 Å². The molecule has 18 nitrogen and oxygen atoms in total. The highest BCUT2D eigenvalue weighted by atomic mass is 79.9. The summed E-state index contributed by atoms with van der Waals surface area (Å²) in [6.45, 7) is 13.0. The third-order valence-corrected chi connectivity index (χ3v) is 17.0. The fourth-order valence-electron chi connectivity index (χ4n) is 11.4. The number of carbonyl (C=O) groups excluding carboxylic acids is 2. The third kappa shape index (κ3) is 16.9. The molecule has 0 aromatic heterocycles. The van der Waals surface area contributed by atoms with E-state index in [1.165, 1.54) is 0 Å². The van der Waals surface area contributed by atoms with E-state index in [4.69, 9.17) is 42.1 Å². The molecule has 2 saturated heterocycles. The first-order chi connectivity index (χ1) is 39.6. The van der Waals surface area contributed by atoms with Crippen LogP contribution in [0.25, 0.3) is 0 Å². The van der Waals surface area contributed by atoms with Crippen LogP contribution in [-0.4, -0.2) is 132 Å². The van der Waals surface area contributed by atoms with Gasteiger partial charge in [-0.1, -0.05) is 18.5 Å². The van der Waals surface area contributed by atoms with E-state index in [1.807, 2.05) is 88.6 Å². The summed E-state index contributed by atoms with van der Waals surface area (Å²) in [7, 11) is 6.09. The summed E-state index contributed by atoms with van der Waals surface area (Å²) < 4.78 is 25.3. The van der Waals surface area contributed by atoms with Gasteiger partial charge in [0, 0.05) is 95.9 Å². The molecule has 0 aliphatic carbocycles. The fourth-order valence-corrected chi connectivity index (χ4v) is 12.4. The van der Waals surface area contributed by atoms with Crippen LogP contribution < -0.4 is 61.5 Å². The molecule has 4 heterocycles. The molecular weight excluding hydrogens is 1150 g/mol. The number of rotatable bonds is 26. The van der Waals surface area contributed by atoms with Gasteiger partial charge in [-0.15, -0.1) is 11.6 Å². The van der Waals surface area contributed by atoms with Crippen molar-refractivity contribution >= 4 is 85.1 Å². The van der Waals surface area contributed by atoms with Crippen molar-refractivity contribution in [2.75, 3.05) is 125 Å². The molecule has 8 rings (SSSR count). The first-order valence-electron chi connectivity index (χ1n) is 28.9. The average Bonchev–Trinajstić information content (AvgIpc) is 3.62. The lowest BCUT2D eigenvalue weighted by molar-refractivity contribution is -0.117. The summed E-state index contributed by atoms with van der Waals surface area (Å²) in [4.78, 5) is 31.0. The lowest BCUT2D eigenvalue weighted by Crippen LogP contribution is -2.49. The molecule has 4 aliphatic heterocycles. The summed E-state index contributed by atoms with van der Waals surface area (Å²) in [6.07, 6.45) is 4.94. The second-order valence-electron chi connectivity index (χ2n) is 22.4. The molecule has 8 N–H and O–H groups in total. The van der Waals surface area contributed by atoms with Crippen molar-refractivity contribution in [3.8, 4) is 35.1 Å². The summed E-state index contributed by atoms with van der Waals surface area (Å²) in [6, 6.07) is 23.6. The minimum absolute atomic E-state index is 0.0864. The van der Waals surface area contributed by atoms with Gasteiger partial charge in [-0.25, -0.2) is 0 Å². The SMILES string of the molecule is CCOc1cc2c(cc1NC(=O)CCCN(C)C)C(Nc1ccc(OCC3NCC(CN(C)CCCC(=O)Nc4cc5c(cc4OCC)NCC(C#N)C5Nc4ccc(OCC5CC(Cl)CCN5)c(Cl)c4)CC3C)c(Br)c1)C(C#N)CN2. The molecule has 0 spiro atoms. The standard InChI is InChI=1S/C61H81BrCl2N12O6/c1-7-79-56-27-49-45(25-51(56)73-58(77)11-9-19-75(4)5)60(39(29-65)32-69-49)71-42-13-15-54(47(62)23-42)82-36-53-37(3)21-38(31-68-53)34-76(6)20-10-12-59(78)74-52-26-46-50(28-57(52)80-8-2)70-33-40(30-66)61(46)72-43-14-16-55(48(64)24-43)81-35-44-22-41(63)17-18-67-44/h13-16,23-28,37-41,44,53,60-61,67-72H,7-12,17-22,31-36H2,1-6H3,(H,73,77)(H,74,78). The van der Waals surface area contributed by atoms with Crippen LogP contribution in [0, 0.1) is 46.3 Å². The van der Waals surface area contributed by atoms with Gasteiger partial charge in [-0.05, 0) is 170 Å². The van der Waals surface area contributed by atoms with Crippen LogP contribution in [0.3, 0.4) is 0 Å². The number of hydrogen-bond donors (Lipinski definition) is 8. The predicted molar refractivity (Wildman–Crippen MR) is 331 cm³/mol. The van der Waals surface area contributed by atoms with Crippen molar-refractivity contribution in [2.45, 2.75) is 95.3 Å². The maximum absolute atomic E-state index is 13.6. The third-order valence-electron chi connectivity index (χ3n) is 15.7. The Balaban J connectivity index is 0.797. The average molecular weight is 1230 g/mol. The van der Waals surface area contributed by atoms with Crippen molar-refractivity contribution in [1.82, 2.24) is 20.4 Å². The number of piperidine rings is 2. The van der Waals surface area contributed by atoms with Gasteiger partial charge in [0.25, 0.3) is 0 Å². The lowest BCUT2D eigenvalue weighted by Gasteiger charge is -2.37. The maximum atomic E-state index is 13.6. The van der Waals surface area contributed by atoms with Gasteiger partial charge in [0.2, 0.25) is 11.8 Å². The highest BCUT2D eigenvalue weighted by molar-refractivity contribution is 9.10. The van der Waals surface area contributed by atoms with E-state index >= 15 is 0 Å². The lowest BCUT2D eigenvalue weighted by atomic mass is 9.86. The van der Waals surface area contributed by atoms with Crippen molar-refractivity contribution in [2.24, 2.45) is 23.7 Å². The molecule has 9 unspecified atom stereocenters. The van der Waals surface area contributed by atoms with E-state index in [9.17, 15) is 20.1 Å². The highest BCUT2D eigenvalue weighted by Crippen LogP contribution is 2.44. The van der Waals surface area contributed by atoms with Crippen LogP contribution in [0.5, 0.6) is 23.0 Å². The molecule has 82 heavy (non-hydrogen) atoms. The maximum Gasteiger partial charge on any atom is 0.224 e. The van der Waals surface area contributed by atoms with Crippen molar-refractivity contribution in [3.63, 3.8) is 0 Å². The second kappa shape index (κ2) is 30.1. The smallest absolute Gasteiger partial charge is 0.224 e. The van der Waals surface area contributed by atoms with Gasteiger partial charge >= 0.3 is 0 Å². The first-order valence-corrected chi connectivity index (χ1v) is 30.5. The van der Waals surface area contributed by atoms with E-state index in [0.717, 1.165) is 103 Å². The van der Waals surface area contributed by atoms with Crippen LogP contribution in [0.1, 0.15) is 88.9 Å². The van der Waals surface area contributed by atoms with Gasteiger partial charge < -0.3 is 71.3 Å². The Hall–Kier alpha value is -5.90. The van der Waals surface area contributed by atoms with Crippen LogP contribution in [0.4, 0.5) is 34.1 Å². The van der Waals surface area contributed by atoms with Crippen molar-refractivity contribution < 1.29 is 28.5 Å². The Labute approximate surface area is 502 Å². The fraction of sp³-hybridized carbons (Fsp3) is 0.541. The zero-order valence-corrected chi connectivity index (χ0v) is 51.2. The number of benzene rings is 4. The van der Waals surface area contributed by atoms with Gasteiger partial charge in [0.05, 0.1) is 70.1 Å². The number of nitrogens with one attached hydrogen (secondary N) is 8. The highest BCUT2D eigenvalue weighted by Gasteiger charge is 2.34. The van der Waals surface area contributed by atoms with Gasteiger partial charge in [0.1, 0.15) is 36.2 Å². The van der Waals surface area contributed by atoms with Crippen LogP contribution in [0.15, 0.2) is 65.1 Å². The number of halogens is 3. The molecular formula is C61H81BrCl2N12O6. The normalized spacial score (nSPS) is 22.9. The second-order valence-corrected chi connectivity index (χ2v) is 24.2. The Bertz CT molecular complexity index is 2910. The molecule has 2 fully saturated rings. The number of alkyl halides is 1. The van der Waals surface area contributed by atoms with Crippen molar-refractivity contribution in [1.29, 1.82) is 10.5 Å². The first kappa shape index (κ1) is 62.2. The Morgan fingerprint density at radius 1 is 0.720 bits per heavy atom. The minimum atomic E-state index is -0.415. The molecule has 2 amide bonds. The number of nitrogens with zero attached hydrogens (tertiary/aromatic N) is 4. The quantitative estimate of drug-likeness (QED) is 0.0274.